The molecule has 0 radical (unpaired) electrons. The minimum absolute atomic E-state index is 0.0834. The number of hydrogen-bond acceptors (Lipinski definition) is 6. The van der Waals surface area contributed by atoms with Crippen molar-refractivity contribution in [2.45, 2.75) is 11.8 Å². The molecule has 0 aliphatic rings. The maximum Gasteiger partial charge on any atom is 0.261 e. The van der Waals surface area contributed by atoms with Crippen molar-refractivity contribution in [3.8, 4) is 5.75 Å². The first-order valence-corrected chi connectivity index (χ1v) is 12.4. The molecule has 0 unspecified atom stereocenters. The predicted octanol–water partition coefficient (Wildman–Crippen LogP) is 4.03. The van der Waals surface area contributed by atoms with E-state index in [4.69, 9.17) is 21.7 Å². The molecule has 0 atom stereocenters. The van der Waals surface area contributed by atoms with E-state index in [1.54, 1.807) is 66.7 Å². The van der Waals surface area contributed by atoms with Crippen LogP contribution >= 0.6 is 12.2 Å². The number of rotatable bonds is 10. The lowest BCUT2D eigenvalue weighted by molar-refractivity contribution is 0.0977. The van der Waals surface area contributed by atoms with Gasteiger partial charge in [-0.3, -0.25) is 14.8 Å². The van der Waals surface area contributed by atoms with E-state index in [2.05, 4.69) is 15.4 Å². The zero-order valence-electron chi connectivity index (χ0n) is 18.5. The molecular weight excluding hydrogens is 474 g/mol. The molecule has 0 aliphatic carbocycles. The molecule has 3 aromatic carbocycles. The topological polar surface area (TPSA) is 106 Å². The van der Waals surface area contributed by atoms with Crippen LogP contribution < -0.4 is 20.1 Å². The summed E-state index contributed by atoms with van der Waals surface area (Å²) in [4.78, 5) is 12.5. The molecule has 0 saturated carbocycles. The van der Waals surface area contributed by atoms with Crippen LogP contribution in [0, 0.1) is 0 Å². The number of para-hydroxylation sites is 1. The molecule has 0 saturated heterocycles. The number of hydrogen-bond donors (Lipinski definition) is 3. The maximum atomic E-state index is 12.5. The number of nitrogens with one attached hydrogen (secondary N) is 3. The number of carbonyl (C=O) groups is 1. The molecule has 0 spiro atoms. The minimum atomic E-state index is -3.72. The normalized spacial score (nSPS) is 10.9. The van der Waals surface area contributed by atoms with Gasteiger partial charge in [-0.15, -0.1) is 0 Å². The average molecular weight is 500 g/mol. The molecule has 34 heavy (non-hydrogen) atoms. The van der Waals surface area contributed by atoms with Crippen LogP contribution in [0.1, 0.15) is 17.3 Å². The molecule has 8 nitrogen and oxygen atoms in total. The Morgan fingerprint density at radius 3 is 2.21 bits per heavy atom. The van der Waals surface area contributed by atoms with Crippen LogP contribution in [0.15, 0.2) is 83.8 Å². The highest BCUT2D eigenvalue weighted by atomic mass is 32.2. The van der Waals surface area contributed by atoms with Crippen molar-refractivity contribution in [3.05, 3.63) is 84.4 Å². The van der Waals surface area contributed by atoms with Gasteiger partial charge >= 0.3 is 0 Å². The molecule has 0 bridgehead atoms. The molecule has 0 aliphatic heterocycles. The average Bonchev–Trinajstić information content (AvgIpc) is 2.83. The number of anilines is 2. The summed E-state index contributed by atoms with van der Waals surface area (Å²) in [5, 5.41) is 5.54. The summed E-state index contributed by atoms with van der Waals surface area (Å²) in [5.41, 5.74) is 1.41. The fourth-order valence-corrected chi connectivity index (χ4v) is 4.11. The van der Waals surface area contributed by atoms with Crippen LogP contribution in [0.25, 0.3) is 0 Å². The van der Waals surface area contributed by atoms with Crippen molar-refractivity contribution >= 4 is 44.6 Å². The summed E-state index contributed by atoms with van der Waals surface area (Å²) >= 11 is 5.20. The fraction of sp³-hybridized carbons (Fsp3) is 0.167. The van der Waals surface area contributed by atoms with Gasteiger partial charge in [-0.05, 0) is 79.8 Å². The van der Waals surface area contributed by atoms with Crippen molar-refractivity contribution in [2.75, 3.05) is 29.9 Å². The van der Waals surface area contributed by atoms with Gasteiger partial charge in [0.25, 0.3) is 15.9 Å². The van der Waals surface area contributed by atoms with Crippen molar-refractivity contribution in [1.29, 1.82) is 0 Å². The second-order valence-corrected chi connectivity index (χ2v) is 9.06. The number of carbonyl (C=O) groups excluding carboxylic acids is 1. The zero-order valence-corrected chi connectivity index (χ0v) is 20.1. The SMILES string of the molecule is CCOCCOc1ccc(C(=O)NC(=S)Nc2ccc(S(=O)(=O)Nc3ccccc3)cc2)cc1. The van der Waals surface area contributed by atoms with Gasteiger partial charge in [-0.25, -0.2) is 8.42 Å². The predicted molar refractivity (Wildman–Crippen MR) is 136 cm³/mol. The summed E-state index contributed by atoms with van der Waals surface area (Å²) in [5.74, 6) is 0.248. The van der Waals surface area contributed by atoms with E-state index >= 15 is 0 Å². The Morgan fingerprint density at radius 1 is 0.882 bits per heavy atom. The Labute approximate surface area is 204 Å². The van der Waals surface area contributed by atoms with Crippen molar-refractivity contribution in [1.82, 2.24) is 5.32 Å². The molecule has 0 fully saturated rings. The standard InChI is InChI=1S/C24H25N3O5S2/c1-2-31-16-17-32-21-12-8-18(9-13-21)23(28)26-24(33)25-19-10-14-22(15-11-19)34(29,30)27-20-6-4-3-5-7-20/h3-15,27H,2,16-17H2,1H3,(H2,25,26,28,33). The Bertz CT molecular complexity index is 1200. The van der Waals surface area contributed by atoms with Crippen molar-refractivity contribution in [3.63, 3.8) is 0 Å². The molecule has 0 aromatic heterocycles. The number of amides is 1. The molecular formula is C24H25N3O5S2. The highest BCUT2D eigenvalue weighted by molar-refractivity contribution is 7.92. The van der Waals surface area contributed by atoms with Crippen LogP contribution in [0.2, 0.25) is 0 Å². The van der Waals surface area contributed by atoms with E-state index in [0.717, 1.165) is 0 Å². The quantitative estimate of drug-likeness (QED) is 0.286. The van der Waals surface area contributed by atoms with Crippen LogP contribution in [-0.4, -0.2) is 39.3 Å². The summed E-state index contributed by atoms with van der Waals surface area (Å²) < 4.78 is 38.3. The zero-order chi connectivity index (χ0) is 24.4. The Kier molecular flexibility index (Phi) is 8.97. The molecule has 178 valence electrons. The number of sulfonamides is 1. The molecule has 1 amide bonds. The van der Waals surface area contributed by atoms with Crippen molar-refractivity contribution < 1.29 is 22.7 Å². The van der Waals surface area contributed by atoms with E-state index < -0.39 is 10.0 Å². The van der Waals surface area contributed by atoms with E-state index in [9.17, 15) is 13.2 Å². The van der Waals surface area contributed by atoms with Gasteiger partial charge in [0.05, 0.1) is 11.5 Å². The van der Waals surface area contributed by atoms with Gasteiger partial charge in [0.15, 0.2) is 5.11 Å². The maximum absolute atomic E-state index is 12.5. The fourth-order valence-electron chi connectivity index (χ4n) is 2.84. The van der Waals surface area contributed by atoms with Crippen LogP contribution in [0.5, 0.6) is 5.75 Å². The van der Waals surface area contributed by atoms with E-state index in [1.165, 1.54) is 12.1 Å². The highest BCUT2D eigenvalue weighted by Gasteiger charge is 2.14. The molecule has 0 heterocycles. The summed E-state index contributed by atoms with van der Waals surface area (Å²) in [7, 11) is -3.72. The largest absolute Gasteiger partial charge is 0.491 e. The summed E-state index contributed by atoms with van der Waals surface area (Å²) in [6.07, 6.45) is 0. The van der Waals surface area contributed by atoms with Crippen LogP contribution in [-0.2, 0) is 14.8 Å². The van der Waals surface area contributed by atoms with Gasteiger partial charge in [-0.2, -0.15) is 0 Å². The van der Waals surface area contributed by atoms with Gasteiger partial charge in [-0.1, -0.05) is 18.2 Å². The lowest BCUT2D eigenvalue weighted by Crippen LogP contribution is -2.34. The smallest absolute Gasteiger partial charge is 0.261 e. The van der Waals surface area contributed by atoms with E-state index in [-0.39, 0.29) is 15.9 Å². The Balaban J connectivity index is 1.52. The third-order valence-corrected chi connectivity index (χ3v) is 6.09. The van der Waals surface area contributed by atoms with Crippen molar-refractivity contribution in [2.24, 2.45) is 0 Å². The first kappa shape index (κ1) is 25.2. The summed E-state index contributed by atoms with van der Waals surface area (Å²) in [6, 6.07) is 21.3. The third kappa shape index (κ3) is 7.55. The first-order chi connectivity index (χ1) is 16.4. The van der Waals surface area contributed by atoms with Crippen LogP contribution in [0.3, 0.4) is 0 Å². The van der Waals surface area contributed by atoms with Gasteiger partial charge in [0.1, 0.15) is 12.4 Å². The van der Waals surface area contributed by atoms with E-state index in [0.29, 0.717) is 42.5 Å². The lowest BCUT2D eigenvalue weighted by atomic mass is 10.2. The molecule has 3 N–H and O–H groups in total. The second kappa shape index (κ2) is 12.1. The Hall–Kier alpha value is -3.47. The van der Waals surface area contributed by atoms with Gasteiger partial charge < -0.3 is 14.8 Å². The van der Waals surface area contributed by atoms with Crippen LogP contribution in [0.4, 0.5) is 11.4 Å². The number of ether oxygens (including phenoxy) is 2. The lowest BCUT2D eigenvalue weighted by Gasteiger charge is -2.12. The number of benzene rings is 3. The first-order valence-electron chi connectivity index (χ1n) is 10.5. The molecule has 3 rings (SSSR count). The van der Waals surface area contributed by atoms with Gasteiger partial charge in [0.2, 0.25) is 0 Å². The molecule has 10 heteroatoms. The summed E-state index contributed by atoms with van der Waals surface area (Å²) in [6.45, 7) is 3.47. The monoisotopic (exact) mass is 499 g/mol. The highest BCUT2D eigenvalue weighted by Crippen LogP contribution is 2.18. The number of thiocarbonyl (C=S) groups is 1. The Morgan fingerprint density at radius 2 is 1.56 bits per heavy atom. The third-order valence-electron chi connectivity index (χ3n) is 4.49. The van der Waals surface area contributed by atoms with E-state index in [1.807, 2.05) is 6.92 Å². The van der Waals surface area contributed by atoms with Gasteiger partial charge in [0, 0.05) is 23.5 Å². The second-order valence-electron chi connectivity index (χ2n) is 6.97. The minimum Gasteiger partial charge on any atom is -0.491 e. The molecule has 3 aromatic rings.